The summed E-state index contributed by atoms with van der Waals surface area (Å²) in [4.78, 5) is 12.1. The molecule has 1 aromatic rings. The molecule has 1 N–H and O–H groups in total. The van der Waals surface area contributed by atoms with Crippen LogP contribution < -0.4 is 0 Å². The van der Waals surface area contributed by atoms with Crippen molar-refractivity contribution in [2.24, 2.45) is 5.92 Å². The van der Waals surface area contributed by atoms with Crippen LogP contribution >= 0.6 is 11.5 Å². The van der Waals surface area contributed by atoms with E-state index in [4.69, 9.17) is 5.11 Å². The Balaban J connectivity index is 2.32. The van der Waals surface area contributed by atoms with Gasteiger partial charge < -0.3 is 5.11 Å². The zero-order valence-electron chi connectivity index (χ0n) is 8.12. The molecule has 76 valence electrons. The van der Waals surface area contributed by atoms with Gasteiger partial charge in [-0.15, -0.1) is 0 Å². The Bertz CT molecular complexity index is 359. The van der Waals surface area contributed by atoms with E-state index in [9.17, 15) is 4.79 Å². The highest BCUT2D eigenvalue weighted by Gasteiger charge is 2.25. The quantitative estimate of drug-likeness (QED) is 0.817. The summed E-state index contributed by atoms with van der Waals surface area (Å²) in [6, 6.07) is 0. The molecule has 0 saturated heterocycles. The van der Waals surface area contributed by atoms with Crippen LogP contribution in [0.5, 0.6) is 0 Å². The van der Waals surface area contributed by atoms with E-state index in [-0.39, 0.29) is 0 Å². The average Bonchev–Trinajstić information content (AvgIpc) is 2.59. The van der Waals surface area contributed by atoms with Gasteiger partial charge in [0.25, 0.3) is 0 Å². The van der Waals surface area contributed by atoms with E-state index < -0.39 is 5.97 Å². The summed E-state index contributed by atoms with van der Waals surface area (Å²) in [5, 5.41) is 8.93. The molecule has 0 bridgehead atoms. The van der Waals surface area contributed by atoms with Crippen LogP contribution in [0.25, 0.3) is 0 Å². The highest BCUT2D eigenvalue weighted by Crippen LogP contribution is 2.32. The van der Waals surface area contributed by atoms with Crippen molar-refractivity contribution >= 4 is 17.5 Å². The normalized spacial score (nSPS) is 20.5. The lowest BCUT2D eigenvalue weighted by molar-refractivity contribution is 0.0690. The van der Waals surface area contributed by atoms with Gasteiger partial charge in [-0.2, -0.15) is 4.37 Å². The Morgan fingerprint density at radius 3 is 3.14 bits per heavy atom. The number of hydrogen-bond donors (Lipinski definition) is 1. The lowest BCUT2D eigenvalue weighted by Crippen LogP contribution is -2.14. The van der Waals surface area contributed by atoms with Crippen LogP contribution in [0.4, 0.5) is 0 Å². The van der Waals surface area contributed by atoms with Crippen LogP contribution in [0, 0.1) is 5.92 Å². The third kappa shape index (κ3) is 1.54. The first-order valence-corrected chi connectivity index (χ1v) is 5.70. The van der Waals surface area contributed by atoms with Crippen LogP contribution in [0.15, 0.2) is 0 Å². The molecule has 0 radical (unpaired) electrons. The summed E-state index contributed by atoms with van der Waals surface area (Å²) in [6.45, 7) is 2.16. The molecule has 1 atom stereocenters. The van der Waals surface area contributed by atoms with E-state index in [0.717, 1.165) is 24.8 Å². The summed E-state index contributed by atoms with van der Waals surface area (Å²) in [5.41, 5.74) is 1.30. The van der Waals surface area contributed by atoms with Crippen molar-refractivity contribution in [3.63, 3.8) is 0 Å². The van der Waals surface area contributed by atoms with Crippen molar-refractivity contribution in [3.8, 4) is 0 Å². The van der Waals surface area contributed by atoms with E-state index in [2.05, 4.69) is 11.3 Å². The first kappa shape index (κ1) is 9.65. The summed E-state index contributed by atoms with van der Waals surface area (Å²) < 4.78 is 4.01. The minimum atomic E-state index is -0.876. The minimum Gasteiger partial charge on any atom is -0.476 e. The summed E-state index contributed by atoms with van der Waals surface area (Å²) >= 11 is 1.36. The van der Waals surface area contributed by atoms with E-state index in [1.54, 1.807) is 0 Å². The molecule has 1 unspecified atom stereocenters. The zero-order valence-corrected chi connectivity index (χ0v) is 8.93. The molecule has 0 fully saturated rings. The van der Waals surface area contributed by atoms with Crippen LogP contribution in [-0.2, 0) is 12.8 Å². The molecule has 4 heteroatoms. The van der Waals surface area contributed by atoms with Crippen molar-refractivity contribution in [2.45, 2.75) is 32.6 Å². The second-order valence-electron chi connectivity index (χ2n) is 3.76. The number of aromatic nitrogens is 1. The molecular formula is C10H13NO2S. The maximum atomic E-state index is 10.9. The molecule has 0 aromatic carbocycles. The lowest BCUT2D eigenvalue weighted by Gasteiger charge is -2.20. The molecule has 2 rings (SSSR count). The van der Waals surface area contributed by atoms with Crippen molar-refractivity contribution in [3.05, 3.63) is 16.1 Å². The average molecular weight is 211 g/mol. The van der Waals surface area contributed by atoms with Crippen LogP contribution in [-0.4, -0.2) is 15.4 Å². The van der Waals surface area contributed by atoms with Crippen LogP contribution in [0.2, 0.25) is 0 Å². The van der Waals surface area contributed by atoms with Crippen molar-refractivity contribution in [1.82, 2.24) is 4.37 Å². The number of aryl methyl sites for hydroxylation is 1. The Morgan fingerprint density at radius 2 is 2.50 bits per heavy atom. The van der Waals surface area contributed by atoms with E-state index >= 15 is 0 Å². The van der Waals surface area contributed by atoms with E-state index in [0.29, 0.717) is 11.6 Å². The van der Waals surface area contributed by atoms with Crippen molar-refractivity contribution < 1.29 is 9.90 Å². The molecule has 1 heterocycles. The SMILES string of the molecule is CCC1CCc2snc(C(=O)O)c2C1. The third-order valence-electron chi connectivity index (χ3n) is 2.92. The molecule has 3 nitrogen and oxygen atoms in total. The molecule has 1 aromatic heterocycles. The number of hydrogen-bond acceptors (Lipinski definition) is 3. The second-order valence-corrected chi connectivity index (χ2v) is 4.61. The van der Waals surface area contributed by atoms with Gasteiger partial charge in [-0.3, -0.25) is 0 Å². The van der Waals surface area contributed by atoms with Crippen LogP contribution in [0.3, 0.4) is 0 Å². The smallest absolute Gasteiger partial charge is 0.355 e. The molecule has 1 aliphatic carbocycles. The Kier molecular flexibility index (Phi) is 2.54. The third-order valence-corrected chi connectivity index (χ3v) is 3.87. The molecular weight excluding hydrogens is 198 g/mol. The molecule has 0 saturated carbocycles. The lowest BCUT2D eigenvalue weighted by atomic mass is 9.86. The van der Waals surface area contributed by atoms with Gasteiger partial charge in [0.2, 0.25) is 0 Å². The Labute approximate surface area is 86.9 Å². The summed E-state index contributed by atoms with van der Waals surface area (Å²) in [5.74, 6) is -0.226. The predicted molar refractivity (Wildman–Crippen MR) is 54.9 cm³/mol. The fourth-order valence-electron chi connectivity index (χ4n) is 1.99. The number of nitrogens with zero attached hydrogens (tertiary/aromatic N) is 1. The second kappa shape index (κ2) is 3.69. The fraction of sp³-hybridized carbons (Fsp3) is 0.600. The van der Waals surface area contributed by atoms with Crippen molar-refractivity contribution in [2.75, 3.05) is 0 Å². The minimum absolute atomic E-state index is 0.295. The topological polar surface area (TPSA) is 50.2 Å². The Morgan fingerprint density at radius 1 is 1.71 bits per heavy atom. The Hall–Kier alpha value is -0.900. The summed E-state index contributed by atoms with van der Waals surface area (Å²) in [7, 11) is 0. The standard InChI is InChI=1S/C10H13NO2S/c1-2-6-3-4-8-7(5-6)9(10(12)13)11-14-8/h6H,2-5H2,1H3,(H,12,13). The number of carboxylic acid groups (broad SMARTS) is 1. The summed E-state index contributed by atoms with van der Waals surface area (Å²) in [6.07, 6.45) is 4.24. The van der Waals surface area contributed by atoms with Gasteiger partial charge in [0.15, 0.2) is 5.69 Å². The van der Waals surface area contributed by atoms with E-state index in [1.165, 1.54) is 22.8 Å². The number of carboxylic acids is 1. The number of rotatable bonds is 2. The highest BCUT2D eigenvalue weighted by molar-refractivity contribution is 7.06. The zero-order chi connectivity index (χ0) is 10.1. The maximum Gasteiger partial charge on any atom is 0.355 e. The van der Waals surface area contributed by atoms with Gasteiger partial charge >= 0.3 is 5.97 Å². The van der Waals surface area contributed by atoms with Gasteiger partial charge in [-0.05, 0) is 36.7 Å². The predicted octanol–water partition coefficient (Wildman–Crippen LogP) is 2.36. The van der Waals surface area contributed by atoms with Gasteiger partial charge in [0.1, 0.15) is 0 Å². The number of aromatic carboxylic acids is 1. The van der Waals surface area contributed by atoms with Crippen LogP contribution in [0.1, 0.15) is 40.7 Å². The largest absolute Gasteiger partial charge is 0.476 e. The molecule has 0 amide bonds. The highest BCUT2D eigenvalue weighted by atomic mass is 32.1. The fourth-order valence-corrected chi connectivity index (χ4v) is 2.88. The van der Waals surface area contributed by atoms with Gasteiger partial charge in [0.05, 0.1) is 0 Å². The first-order valence-electron chi connectivity index (χ1n) is 4.93. The molecule has 14 heavy (non-hydrogen) atoms. The molecule has 1 aliphatic rings. The monoisotopic (exact) mass is 211 g/mol. The molecule has 0 aliphatic heterocycles. The van der Waals surface area contributed by atoms with Gasteiger partial charge in [-0.1, -0.05) is 13.3 Å². The number of carbonyl (C=O) groups is 1. The maximum absolute atomic E-state index is 10.9. The van der Waals surface area contributed by atoms with Gasteiger partial charge in [-0.25, -0.2) is 4.79 Å². The number of fused-ring (bicyclic) bond motifs is 1. The van der Waals surface area contributed by atoms with Crippen molar-refractivity contribution in [1.29, 1.82) is 0 Å². The molecule has 0 spiro atoms. The van der Waals surface area contributed by atoms with Gasteiger partial charge in [0, 0.05) is 10.4 Å². The van der Waals surface area contributed by atoms with E-state index in [1.807, 2.05) is 0 Å². The first-order chi connectivity index (χ1) is 6.72.